The van der Waals surface area contributed by atoms with E-state index in [1.807, 2.05) is 140 Å². The fraction of sp³-hybridized carbons (Fsp3) is 0.0227. The highest BCUT2D eigenvalue weighted by Gasteiger charge is 2.11. The number of methoxy groups -OCH3 is 1. The number of nitriles is 1. The van der Waals surface area contributed by atoms with Crippen molar-refractivity contribution in [2.45, 2.75) is 0 Å². The van der Waals surface area contributed by atoms with Gasteiger partial charge < -0.3 is 29.7 Å². The second-order valence-corrected chi connectivity index (χ2v) is 11.3. The van der Waals surface area contributed by atoms with Crippen molar-refractivity contribution >= 4 is 5.70 Å². The molecule has 4 N–H and O–H groups in total. The van der Waals surface area contributed by atoms with E-state index in [1.54, 1.807) is 43.5 Å². The summed E-state index contributed by atoms with van der Waals surface area (Å²) in [6.45, 7) is 0. The highest BCUT2D eigenvalue weighted by atomic mass is 16.5. The Morgan fingerprint density at radius 2 is 1.02 bits per heavy atom. The molecular weight excluding hydrogens is 693 g/mol. The molecule has 0 aliphatic carbocycles. The predicted molar refractivity (Wildman–Crippen MR) is 211 cm³/mol. The largest absolute Gasteiger partial charge is 0.513 e. The van der Waals surface area contributed by atoms with Gasteiger partial charge >= 0.3 is 0 Å². The Balaban J connectivity index is 0.000000149. The Kier molecular flexibility index (Phi) is 14.0. The number of aromatic nitrogens is 4. The van der Waals surface area contributed by atoms with Crippen LogP contribution in [-0.4, -0.2) is 37.6 Å². The summed E-state index contributed by atoms with van der Waals surface area (Å²) in [5, 5.41) is 33.9. The second-order valence-electron chi connectivity index (χ2n) is 11.3. The summed E-state index contributed by atoms with van der Waals surface area (Å²) in [6.07, 6.45) is 0.898. The molecule has 0 aliphatic heterocycles. The number of aromatic hydroxyl groups is 1. The first-order chi connectivity index (χ1) is 27.0. The van der Waals surface area contributed by atoms with Gasteiger partial charge in [-0.05, 0) is 60.7 Å². The molecule has 11 heteroatoms. The van der Waals surface area contributed by atoms with Gasteiger partial charge in [-0.15, -0.1) is 0 Å². The van der Waals surface area contributed by atoms with E-state index >= 15 is 0 Å². The van der Waals surface area contributed by atoms with Crippen LogP contribution in [0.25, 0.3) is 51.4 Å². The van der Waals surface area contributed by atoms with Crippen molar-refractivity contribution in [1.29, 1.82) is 5.26 Å². The molecule has 11 nitrogen and oxygen atoms in total. The lowest BCUT2D eigenvalue weighted by Crippen LogP contribution is -1.94. The monoisotopic (exact) mass is 728 g/mol. The van der Waals surface area contributed by atoms with Gasteiger partial charge in [-0.1, -0.05) is 120 Å². The van der Waals surface area contributed by atoms with E-state index in [4.69, 9.17) is 29.9 Å². The van der Waals surface area contributed by atoms with Crippen molar-refractivity contribution in [2.24, 2.45) is 5.73 Å². The highest BCUT2D eigenvalue weighted by molar-refractivity contribution is 5.62. The average Bonchev–Trinajstić information content (AvgIpc) is 3.98. The van der Waals surface area contributed by atoms with Gasteiger partial charge in [0.2, 0.25) is 11.6 Å². The van der Waals surface area contributed by atoms with Gasteiger partial charge in [-0.25, -0.2) is 0 Å². The first-order valence-electron chi connectivity index (χ1n) is 16.8. The molecule has 0 spiro atoms. The quantitative estimate of drug-likeness (QED) is 0.139. The Morgan fingerprint density at radius 3 is 1.42 bits per heavy atom. The molecule has 6 aromatic carbocycles. The van der Waals surface area contributed by atoms with Gasteiger partial charge in [0, 0.05) is 27.8 Å². The van der Waals surface area contributed by atoms with Crippen LogP contribution >= 0.6 is 0 Å². The van der Waals surface area contributed by atoms with Crippen molar-refractivity contribution in [3.8, 4) is 63.3 Å². The molecule has 0 fully saturated rings. The number of aliphatic hydroxyl groups excluding tert-OH is 1. The summed E-state index contributed by atoms with van der Waals surface area (Å²) < 4.78 is 15.6. The van der Waals surface area contributed by atoms with Crippen molar-refractivity contribution < 1.29 is 24.0 Å². The van der Waals surface area contributed by atoms with E-state index in [0.29, 0.717) is 34.7 Å². The minimum absolute atomic E-state index is 0.210. The normalized spacial score (nSPS) is 10.2. The van der Waals surface area contributed by atoms with Crippen LogP contribution in [-0.2, 0) is 0 Å². The van der Waals surface area contributed by atoms with Gasteiger partial charge in [0.05, 0.1) is 24.4 Å². The smallest absolute Gasteiger partial charge is 0.258 e. The molecule has 55 heavy (non-hydrogen) atoms. The van der Waals surface area contributed by atoms with Crippen molar-refractivity contribution in [3.63, 3.8) is 0 Å². The first-order valence-corrected chi connectivity index (χ1v) is 16.8. The number of ether oxygens (including phenoxy) is 1. The summed E-state index contributed by atoms with van der Waals surface area (Å²) in [5.41, 5.74) is 10.8. The summed E-state index contributed by atoms with van der Waals surface area (Å²) in [7, 11) is 1.63. The number of hydrogen-bond acceptors (Lipinski definition) is 11. The summed E-state index contributed by atoms with van der Waals surface area (Å²) in [4.78, 5) is 8.71. The van der Waals surface area contributed by atoms with Crippen molar-refractivity contribution in [3.05, 3.63) is 187 Å². The molecule has 0 atom stereocenters. The Morgan fingerprint density at radius 1 is 0.600 bits per heavy atom. The third-order valence-electron chi connectivity index (χ3n) is 7.52. The number of nitrogens with zero attached hydrogens (tertiary/aromatic N) is 5. The topological polar surface area (TPSA) is 177 Å². The van der Waals surface area contributed by atoms with Crippen LogP contribution in [0.1, 0.15) is 11.1 Å². The lowest BCUT2D eigenvalue weighted by Gasteiger charge is -1.98. The van der Waals surface area contributed by atoms with Gasteiger partial charge in [0.25, 0.3) is 11.8 Å². The van der Waals surface area contributed by atoms with Crippen molar-refractivity contribution in [1.82, 2.24) is 20.3 Å². The van der Waals surface area contributed by atoms with E-state index in [1.165, 1.54) is 0 Å². The molecule has 2 heterocycles. The van der Waals surface area contributed by atoms with Gasteiger partial charge in [0.15, 0.2) is 0 Å². The zero-order chi connectivity index (χ0) is 38.7. The fourth-order valence-corrected chi connectivity index (χ4v) is 4.65. The second kappa shape index (κ2) is 20.2. The van der Waals surface area contributed by atoms with Crippen LogP contribution in [0.4, 0.5) is 0 Å². The molecular formula is C44H36N6O5. The zero-order valence-electron chi connectivity index (χ0n) is 29.7. The van der Waals surface area contributed by atoms with E-state index in [-0.39, 0.29) is 5.75 Å². The maximum Gasteiger partial charge on any atom is 0.258 e. The highest BCUT2D eigenvalue weighted by Crippen LogP contribution is 2.25. The number of nitrogens with two attached hydrogens (primary N) is 1. The average molecular weight is 729 g/mol. The molecule has 0 unspecified atom stereocenters. The van der Waals surface area contributed by atoms with E-state index in [9.17, 15) is 5.11 Å². The number of benzene rings is 6. The Labute approximate surface area is 317 Å². The lowest BCUT2D eigenvalue weighted by molar-refractivity contribution is 0.414. The lowest BCUT2D eigenvalue weighted by atomic mass is 10.2. The SMILES string of the molecule is COc1ccc(-c2nc(-c3ccccc3)no2)cc1.N#Cc1ccccc1.N/C(=C\O)c1ccccc1.Oc1ccc(-c2nc(-c3ccccc3)no2)cc1. The van der Waals surface area contributed by atoms with Crippen LogP contribution < -0.4 is 10.5 Å². The number of hydrogen-bond donors (Lipinski definition) is 3. The number of phenolic OH excluding ortho intramolecular Hbond substituents is 1. The molecule has 0 amide bonds. The fourth-order valence-electron chi connectivity index (χ4n) is 4.65. The molecule has 2 aromatic heterocycles. The number of phenols is 1. The molecule has 0 radical (unpaired) electrons. The maximum absolute atomic E-state index is 9.22. The Hall–Kier alpha value is -7.97. The molecule has 0 saturated heterocycles. The molecule has 0 aliphatic rings. The van der Waals surface area contributed by atoms with Crippen molar-refractivity contribution in [2.75, 3.05) is 7.11 Å². The van der Waals surface area contributed by atoms with Gasteiger partial charge in [-0.2, -0.15) is 15.2 Å². The third kappa shape index (κ3) is 11.5. The Bertz CT molecular complexity index is 2380. The summed E-state index contributed by atoms with van der Waals surface area (Å²) in [5.74, 6) is 3.09. The molecule has 8 aromatic rings. The van der Waals surface area contributed by atoms with Crippen LogP contribution in [0.5, 0.6) is 11.5 Å². The minimum atomic E-state index is 0.210. The van der Waals surface area contributed by atoms with E-state index in [2.05, 4.69) is 20.3 Å². The van der Waals surface area contributed by atoms with Crippen LogP contribution in [0.15, 0.2) is 185 Å². The van der Waals surface area contributed by atoms with Gasteiger partial charge in [0.1, 0.15) is 17.8 Å². The molecule has 8 rings (SSSR count). The van der Waals surface area contributed by atoms with Crippen LogP contribution in [0.3, 0.4) is 0 Å². The maximum atomic E-state index is 9.22. The van der Waals surface area contributed by atoms with E-state index in [0.717, 1.165) is 39.8 Å². The molecule has 0 saturated carbocycles. The van der Waals surface area contributed by atoms with E-state index < -0.39 is 0 Å². The summed E-state index contributed by atoms with van der Waals surface area (Å²) >= 11 is 0. The first kappa shape index (κ1) is 38.3. The summed E-state index contributed by atoms with van der Waals surface area (Å²) in [6, 6.07) is 54.0. The minimum Gasteiger partial charge on any atom is -0.513 e. The standard InChI is InChI=1S/C15H12N2O2.C14H10N2O2.C8H9NO.C7H5N/c1-18-13-9-7-12(8-10-13)15-16-14(17-19-15)11-5-3-2-4-6-11;17-12-8-6-11(7-9-12)14-15-13(16-18-14)10-4-2-1-3-5-10;9-8(6-10)7-4-2-1-3-5-7;8-6-7-4-2-1-3-5-7/h2-10H,1H3;1-9,17H;1-6,10H,9H2;1-5H/b;;8-6-;. The number of aliphatic hydroxyl groups is 1. The van der Waals surface area contributed by atoms with Crippen LogP contribution in [0.2, 0.25) is 0 Å². The van der Waals surface area contributed by atoms with Gasteiger partial charge in [-0.3, -0.25) is 0 Å². The molecule has 0 bridgehead atoms. The molecule has 272 valence electrons. The zero-order valence-corrected chi connectivity index (χ0v) is 29.7. The third-order valence-corrected chi connectivity index (χ3v) is 7.52. The van der Waals surface area contributed by atoms with Crippen LogP contribution in [0, 0.1) is 11.3 Å². The predicted octanol–water partition coefficient (Wildman–Crippen LogP) is 9.58. The number of rotatable bonds is 6.